The Bertz CT molecular complexity index is 401. The SMILES string of the molecule is COc1cc(OC)c(C(C)=O)c(O)c1Br. The van der Waals surface area contributed by atoms with Crippen LogP contribution in [-0.2, 0) is 0 Å². The molecular formula is C10H11BrO4. The van der Waals surface area contributed by atoms with Gasteiger partial charge in [-0.05, 0) is 22.9 Å². The van der Waals surface area contributed by atoms with Crippen LogP contribution in [0.3, 0.4) is 0 Å². The van der Waals surface area contributed by atoms with Crippen molar-refractivity contribution in [1.82, 2.24) is 0 Å². The van der Waals surface area contributed by atoms with Crippen LogP contribution in [0.15, 0.2) is 10.5 Å². The average Bonchev–Trinajstić information content (AvgIpc) is 2.20. The zero-order valence-corrected chi connectivity index (χ0v) is 10.2. The molecule has 15 heavy (non-hydrogen) atoms. The number of benzene rings is 1. The first kappa shape index (κ1) is 11.8. The first-order valence-corrected chi connectivity index (χ1v) is 4.96. The number of phenolic OH excluding ortho intramolecular Hbond substituents is 1. The molecule has 0 atom stereocenters. The molecule has 0 radical (unpaired) electrons. The number of carbonyl (C=O) groups is 1. The number of hydrogen-bond donors (Lipinski definition) is 1. The van der Waals surface area contributed by atoms with E-state index in [1.54, 1.807) is 6.07 Å². The van der Waals surface area contributed by atoms with Crippen molar-refractivity contribution < 1.29 is 19.4 Å². The third-order valence-corrected chi connectivity index (χ3v) is 2.73. The Morgan fingerprint density at radius 1 is 1.33 bits per heavy atom. The van der Waals surface area contributed by atoms with E-state index in [9.17, 15) is 9.90 Å². The van der Waals surface area contributed by atoms with E-state index in [1.807, 2.05) is 0 Å². The molecule has 0 fully saturated rings. The summed E-state index contributed by atoms with van der Waals surface area (Å²) in [5.74, 6) is 0.265. The number of carbonyl (C=O) groups excluding carboxylic acids is 1. The normalized spacial score (nSPS) is 9.87. The van der Waals surface area contributed by atoms with Crippen molar-refractivity contribution in [3.05, 3.63) is 16.1 Å². The highest BCUT2D eigenvalue weighted by Gasteiger charge is 2.20. The number of Topliss-reactive ketones (excluding diaryl/α,β-unsaturated/α-hetero) is 1. The maximum absolute atomic E-state index is 11.3. The van der Waals surface area contributed by atoms with Crippen LogP contribution in [0, 0.1) is 0 Å². The van der Waals surface area contributed by atoms with Crippen molar-refractivity contribution in [2.45, 2.75) is 6.92 Å². The van der Waals surface area contributed by atoms with Crippen molar-refractivity contribution in [3.8, 4) is 17.2 Å². The molecule has 0 aromatic heterocycles. The molecule has 1 rings (SSSR count). The van der Waals surface area contributed by atoms with E-state index in [1.165, 1.54) is 21.1 Å². The highest BCUT2D eigenvalue weighted by molar-refractivity contribution is 9.10. The van der Waals surface area contributed by atoms with Crippen LogP contribution < -0.4 is 9.47 Å². The van der Waals surface area contributed by atoms with Crippen molar-refractivity contribution in [3.63, 3.8) is 0 Å². The van der Waals surface area contributed by atoms with Gasteiger partial charge in [-0.25, -0.2) is 0 Å². The molecule has 0 spiro atoms. The third kappa shape index (κ3) is 2.07. The van der Waals surface area contributed by atoms with Gasteiger partial charge in [0.2, 0.25) is 0 Å². The summed E-state index contributed by atoms with van der Waals surface area (Å²) in [5.41, 5.74) is 0.144. The molecule has 0 aliphatic heterocycles. The van der Waals surface area contributed by atoms with Gasteiger partial charge in [0.05, 0.1) is 14.2 Å². The highest BCUT2D eigenvalue weighted by atomic mass is 79.9. The number of rotatable bonds is 3. The van der Waals surface area contributed by atoms with Gasteiger partial charge >= 0.3 is 0 Å². The Morgan fingerprint density at radius 2 is 1.87 bits per heavy atom. The van der Waals surface area contributed by atoms with Gasteiger partial charge < -0.3 is 14.6 Å². The van der Waals surface area contributed by atoms with Crippen molar-refractivity contribution in [1.29, 1.82) is 0 Å². The van der Waals surface area contributed by atoms with Crippen LogP contribution in [-0.4, -0.2) is 25.1 Å². The Balaban J connectivity index is 3.51. The second-order valence-electron chi connectivity index (χ2n) is 2.87. The average molecular weight is 275 g/mol. The van der Waals surface area contributed by atoms with Gasteiger partial charge in [-0.2, -0.15) is 0 Å². The van der Waals surface area contributed by atoms with E-state index in [0.717, 1.165) is 0 Å². The Labute approximate surface area is 95.9 Å². The standard InChI is InChI=1S/C10H11BrO4/c1-5(12)8-6(14-2)4-7(15-3)9(11)10(8)13/h4,13H,1-3H3. The Kier molecular flexibility index (Phi) is 3.57. The predicted octanol–water partition coefficient (Wildman–Crippen LogP) is 2.37. The smallest absolute Gasteiger partial charge is 0.167 e. The van der Waals surface area contributed by atoms with Crippen LogP contribution in [0.25, 0.3) is 0 Å². The summed E-state index contributed by atoms with van der Waals surface area (Å²) in [5, 5.41) is 9.76. The topological polar surface area (TPSA) is 55.8 Å². The van der Waals surface area contributed by atoms with Gasteiger partial charge in [-0.3, -0.25) is 4.79 Å². The van der Waals surface area contributed by atoms with E-state index < -0.39 is 0 Å². The maximum atomic E-state index is 11.3. The van der Waals surface area contributed by atoms with Gasteiger partial charge in [0.1, 0.15) is 27.3 Å². The predicted molar refractivity (Wildman–Crippen MR) is 58.9 cm³/mol. The summed E-state index contributed by atoms with van der Waals surface area (Å²) in [6.45, 7) is 1.36. The van der Waals surface area contributed by atoms with Gasteiger partial charge in [0, 0.05) is 6.07 Å². The lowest BCUT2D eigenvalue weighted by Gasteiger charge is -2.12. The number of phenols is 1. The van der Waals surface area contributed by atoms with Crippen molar-refractivity contribution >= 4 is 21.7 Å². The molecule has 1 aromatic rings. The van der Waals surface area contributed by atoms with Crippen LogP contribution in [0.2, 0.25) is 0 Å². The third-order valence-electron chi connectivity index (χ3n) is 1.96. The summed E-state index contributed by atoms with van der Waals surface area (Å²) < 4.78 is 10.4. The molecule has 4 nitrogen and oxygen atoms in total. The molecular weight excluding hydrogens is 264 g/mol. The molecule has 82 valence electrons. The molecule has 0 saturated heterocycles. The monoisotopic (exact) mass is 274 g/mol. The fourth-order valence-corrected chi connectivity index (χ4v) is 1.72. The highest BCUT2D eigenvalue weighted by Crippen LogP contribution is 2.42. The molecule has 1 aromatic carbocycles. The number of ether oxygens (including phenoxy) is 2. The van der Waals surface area contributed by atoms with Gasteiger partial charge in [0.25, 0.3) is 0 Å². The van der Waals surface area contributed by atoms with Crippen LogP contribution in [0.1, 0.15) is 17.3 Å². The second-order valence-corrected chi connectivity index (χ2v) is 3.67. The van der Waals surface area contributed by atoms with E-state index in [4.69, 9.17) is 9.47 Å². The van der Waals surface area contributed by atoms with Crippen LogP contribution >= 0.6 is 15.9 Å². The molecule has 5 heteroatoms. The summed E-state index contributed by atoms with van der Waals surface area (Å²) in [6, 6.07) is 1.54. The molecule has 0 heterocycles. The lowest BCUT2D eigenvalue weighted by Crippen LogP contribution is -2.00. The minimum Gasteiger partial charge on any atom is -0.506 e. The first-order valence-electron chi connectivity index (χ1n) is 4.17. The number of halogens is 1. The lowest BCUT2D eigenvalue weighted by molar-refractivity contribution is 0.101. The van der Waals surface area contributed by atoms with Gasteiger partial charge in [-0.1, -0.05) is 0 Å². The van der Waals surface area contributed by atoms with Crippen LogP contribution in [0.5, 0.6) is 17.2 Å². The number of methoxy groups -OCH3 is 2. The zero-order valence-electron chi connectivity index (χ0n) is 8.63. The van der Waals surface area contributed by atoms with E-state index in [0.29, 0.717) is 16.0 Å². The first-order chi connectivity index (χ1) is 7.02. The van der Waals surface area contributed by atoms with E-state index >= 15 is 0 Å². The fourth-order valence-electron chi connectivity index (χ4n) is 1.25. The molecule has 0 aliphatic rings. The maximum Gasteiger partial charge on any atom is 0.167 e. The fraction of sp³-hybridized carbons (Fsp3) is 0.300. The van der Waals surface area contributed by atoms with E-state index in [-0.39, 0.29) is 17.1 Å². The summed E-state index contributed by atoms with van der Waals surface area (Å²) >= 11 is 3.14. The number of ketones is 1. The summed E-state index contributed by atoms with van der Waals surface area (Å²) in [4.78, 5) is 11.3. The van der Waals surface area contributed by atoms with Gasteiger partial charge in [-0.15, -0.1) is 0 Å². The van der Waals surface area contributed by atoms with Crippen molar-refractivity contribution in [2.24, 2.45) is 0 Å². The number of hydrogen-bond acceptors (Lipinski definition) is 4. The summed E-state index contributed by atoms with van der Waals surface area (Å²) in [6.07, 6.45) is 0. The molecule has 1 N–H and O–H groups in total. The minimum absolute atomic E-state index is 0.144. The quantitative estimate of drug-likeness (QED) is 0.860. The molecule has 0 aliphatic carbocycles. The Hall–Kier alpha value is -1.23. The van der Waals surface area contributed by atoms with E-state index in [2.05, 4.69) is 15.9 Å². The lowest BCUT2D eigenvalue weighted by atomic mass is 10.1. The molecule has 0 bridgehead atoms. The second kappa shape index (κ2) is 4.53. The molecule has 0 saturated carbocycles. The van der Waals surface area contributed by atoms with Crippen molar-refractivity contribution in [2.75, 3.05) is 14.2 Å². The van der Waals surface area contributed by atoms with Gasteiger partial charge in [0.15, 0.2) is 5.78 Å². The van der Waals surface area contributed by atoms with Crippen LogP contribution in [0.4, 0.5) is 0 Å². The number of aromatic hydroxyl groups is 1. The molecule has 0 amide bonds. The minimum atomic E-state index is -0.271. The summed E-state index contributed by atoms with van der Waals surface area (Å²) in [7, 11) is 2.89. The molecule has 0 unspecified atom stereocenters. The Morgan fingerprint density at radius 3 is 2.27 bits per heavy atom. The zero-order chi connectivity index (χ0) is 11.6. The largest absolute Gasteiger partial charge is 0.506 e.